The molecule has 4 nitrogen and oxygen atoms in total. The second-order valence-corrected chi connectivity index (χ2v) is 4.79. The molecule has 1 aromatic rings. The third kappa shape index (κ3) is 3.23. The molecular weight excluding hydrogens is 228 g/mol. The van der Waals surface area contributed by atoms with Gasteiger partial charge in [0.1, 0.15) is 5.75 Å². The average molecular weight is 248 g/mol. The lowest BCUT2D eigenvalue weighted by Gasteiger charge is -2.27. The Morgan fingerprint density at radius 1 is 1.39 bits per heavy atom. The summed E-state index contributed by atoms with van der Waals surface area (Å²) in [5.74, 6) is 1.03. The molecule has 0 spiro atoms. The first kappa shape index (κ1) is 12.9. The zero-order valence-electron chi connectivity index (χ0n) is 10.9. The maximum Gasteiger partial charge on any atom is 0.227 e. The minimum absolute atomic E-state index is 0.114. The van der Waals surface area contributed by atoms with E-state index in [2.05, 4.69) is 17.6 Å². The van der Waals surface area contributed by atoms with Gasteiger partial charge in [-0.25, -0.2) is 0 Å². The van der Waals surface area contributed by atoms with Gasteiger partial charge in [0.25, 0.3) is 0 Å². The zero-order valence-corrected chi connectivity index (χ0v) is 10.9. The van der Waals surface area contributed by atoms with Gasteiger partial charge in [0.15, 0.2) is 0 Å². The van der Waals surface area contributed by atoms with Crippen molar-refractivity contribution in [2.45, 2.75) is 25.8 Å². The monoisotopic (exact) mass is 248 g/mol. The van der Waals surface area contributed by atoms with E-state index in [-0.39, 0.29) is 11.8 Å². The van der Waals surface area contributed by atoms with E-state index in [0.29, 0.717) is 6.04 Å². The predicted molar refractivity (Wildman–Crippen MR) is 71.8 cm³/mol. The molecule has 1 fully saturated rings. The molecule has 0 saturated carbocycles. The number of carbonyl (C=O) groups is 1. The third-order valence-corrected chi connectivity index (χ3v) is 3.35. The first-order chi connectivity index (χ1) is 8.69. The molecule has 1 heterocycles. The largest absolute Gasteiger partial charge is 0.497 e. The Labute approximate surface area is 108 Å². The number of rotatable bonds is 3. The number of methoxy groups -OCH3 is 1. The van der Waals surface area contributed by atoms with Crippen molar-refractivity contribution in [1.82, 2.24) is 5.32 Å². The molecule has 4 heteroatoms. The molecule has 0 aliphatic carbocycles. The van der Waals surface area contributed by atoms with Gasteiger partial charge in [0.05, 0.1) is 7.11 Å². The summed E-state index contributed by atoms with van der Waals surface area (Å²) in [6.07, 6.45) is 1.81. The van der Waals surface area contributed by atoms with Gasteiger partial charge in [-0.05, 0) is 50.6 Å². The molecular formula is C14H20N2O2. The molecule has 1 aliphatic rings. The van der Waals surface area contributed by atoms with Gasteiger partial charge in [0.2, 0.25) is 5.91 Å². The molecule has 2 rings (SSSR count). The standard InChI is InChI=1S/C14H20N2O2/c1-10-9-11(7-8-15-10)14(17)16-12-3-5-13(18-2)6-4-12/h3-6,10-11,15H,7-9H2,1-2H3,(H,16,17). The summed E-state index contributed by atoms with van der Waals surface area (Å²) in [6, 6.07) is 7.84. The van der Waals surface area contributed by atoms with Crippen LogP contribution in [0.5, 0.6) is 5.75 Å². The normalized spacial score (nSPS) is 23.4. The van der Waals surface area contributed by atoms with Crippen LogP contribution in [-0.4, -0.2) is 25.6 Å². The molecule has 0 radical (unpaired) electrons. The van der Waals surface area contributed by atoms with Crippen LogP contribution in [0, 0.1) is 5.92 Å². The molecule has 0 aromatic heterocycles. The lowest BCUT2D eigenvalue weighted by atomic mass is 9.92. The second-order valence-electron chi connectivity index (χ2n) is 4.79. The zero-order chi connectivity index (χ0) is 13.0. The number of piperidine rings is 1. The summed E-state index contributed by atoms with van der Waals surface area (Å²) >= 11 is 0. The number of amides is 1. The molecule has 1 saturated heterocycles. The SMILES string of the molecule is COc1ccc(NC(=O)C2CCNC(C)C2)cc1. The molecule has 98 valence electrons. The minimum Gasteiger partial charge on any atom is -0.497 e. The fourth-order valence-corrected chi connectivity index (χ4v) is 2.29. The molecule has 2 unspecified atom stereocenters. The molecule has 1 aromatic carbocycles. The Balaban J connectivity index is 1.93. The highest BCUT2D eigenvalue weighted by molar-refractivity contribution is 5.92. The molecule has 18 heavy (non-hydrogen) atoms. The van der Waals surface area contributed by atoms with Crippen LogP contribution >= 0.6 is 0 Å². The summed E-state index contributed by atoms with van der Waals surface area (Å²) in [7, 11) is 1.63. The number of nitrogens with one attached hydrogen (secondary N) is 2. The van der Waals surface area contributed by atoms with Gasteiger partial charge < -0.3 is 15.4 Å². The van der Waals surface area contributed by atoms with Crippen LogP contribution in [0.3, 0.4) is 0 Å². The van der Waals surface area contributed by atoms with Gasteiger partial charge in [0, 0.05) is 17.6 Å². The first-order valence-corrected chi connectivity index (χ1v) is 6.37. The van der Waals surface area contributed by atoms with Crippen molar-refractivity contribution in [3.8, 4) is 5.75 Å². The smallest absolute Gasteiger partial charge is 0.227 e. The average Bonchev–Trinajstić information content (AvgIpc) is 2.39. The Morgan fingerprint density at radius 3 is 2.72 bits per heavy atom. The molecule has 1 amide bonds. The number of carbonyl (C=O) groups excluding carboxylic acids is 1. The first-order valence-electron chi connectivity index (χ1n) is 6.37. The Hall–Kier alpha value is -1.55. The maximum absolute atomic E-state index is 12.1. The highest BCUT2D eigenvalue weighted by Gasteiger charge is 2.24. The van der Waals surface area contributed by atoms with Gasteiger partial charge in [-0.2, -0.15) is 0 Å². The summed E-state index contributed by atoms with van der Waals surface area (Å²) in [5, 5.41) is 6.31. The van der Waals surface area contributed by atoms with Crippen molar-refractivity contribution >= 4 is 11.6 Å². The Bertz CT molecular complexity index is 403. The number of hydrogen-bond acceptors (Lipinski definition) is 3. The van der Waals surface area contributed by atoms with E-state index in [1.807, 2.05) is 24.3 Å². The quantitative estimate of drug-likeness (QED) is 0.860. The Kier molecular flexibility index (Phi) is 4.20. The van der Waals surface area contributed by atoms with Crippen LogP contribution in [0.4, 0.5) is 5.69 Å². The molecule has 1 aliphatic heterocycles. The third-order valence-electron chi connectivity index (χ3n) is 3.35. The molecule has 0 bridgehead atoms. The van der Waals surface area contributed by atoms with Crippen molar-refractivity contribution in [1.29, 1.82) is 0 Å². The highest BCUT2D eigenvalue weighted by atomic mass is 16.5. The van der Waals surface area contributed by atoms with Crippen LogP contribution in [0.1, 0.15) is 19.8 Å². The molecule has 2 atom stereocenters. The summed E-state index contributed by atoms with van der Waals surface area (Å²) in [6.45, 7) is 3.04. The lowest BCUT2D eigenvalue weighted by molar-refractivity contribution is -0.120. The van der Waals surface area contributed by atoms with Crippen molar-refractivity contribution in [3.63, 3.8) is 0 Å². The van der Waals surface area contributed by atoms with Crippen molar-refractivity contribution in [2.75, 3.05) is 19.0 Å². The van der Waals surface area contributed by atoms with Gasteiger partial charge in [-0.1, -0.05) is 0 Å². The van der Waals surface area contributed by atoms with Crippen LogP contribution in [0.25, 0.3) is 0 Å². The van der Waals surface area contributed by atoms with E-state index in [0.717, 1.165) is 30.8 Å². The van der Waals surface area contributed by atoms with Crippen LogP contribution in [-0.2, 0) is 4.79 Å². The number of benzene rings is 1. The Morgan fingerprint density at radius 2 is 2.11 bits per heavy atom. The second kappa shape index (κ2) is 5.87. The highest BCUT2D eigenvalue weighted by Crippen LogP contribution is 2.20. The van der Waals surface area contributed by atoms with Crippen LogP contribution in [0.15, 0.2) is 24.3 Å². The number of hydrogen-bond donors (Lipinski definition) is 2. The van der Waals surface area contributed by atoms with Crippen molar-refractivity contribution in [2.24, 2.45) is 5.92 Å². The number of anilines is 1. The summed E-state index contributed by atoms with van der Waals surface area (Å²) in [4.78, 5) is 12.1. The van der Waals surface area contributed by atoms with Crippen molar-refractivity contribution < 1.29 is 9.53 Å². The lowest BCUT2D eigenvalue weighted by Crippen LogP contribution is -2.40. The minimum atomic E-state index is 0.114. The van der Waals surface area contributed by atoms with Gasteiger partial charge >= 0.3 is 0 Å². The summed E-state index contributed by atoms with van der Waals surface area (Å²) in [5.41, 5.74) is 0.826. The van der Waals surface area contributed by atoms with E-state index in [1.54, 1.807) is 7.11 Å². The fourth-order valence-electron chi connectivity index (χ4n) is 2.29. The maximum atomic E-state index is 12.1. The van der Waals surface area contributed by atoms with E-state index in [1.165, 1.54) is 0 Å². The van der Waals surface area contributed by atoms with E-state index >= 15 is 0 Å². The number of ether oxygens (including phenoxy) is 1. The molecule has 2 N–H and O–H groups in total. The fraction of sp³-hybridized carbons (Fsp3) is 0.500. The predicted octanol–water partition coefficient (Wildman–Crippen LogP) is 2.02. The van der Waals surface area contributed by atoms with E-state index < -0.39 is 0 Å². The van der Waals surface area contributed by atoms with Crippen molar-refractivity contribution in [3.05, 3.63) is 24.3 Å². The van der Waals surface area contributed by atoms with E-state index in [4.69, 9.17) is 4.74 Å². The topological polar surface area (TPSA) is 50.4 Å². The van der Waals surface area contributed by atoms with Crippen LogP contribution < -0.4 is 15.4 Å². The van der Waals surface area contributed by atoms with E-state index in [9.17, 15) is 4.79 Å². The van der Waals surface area contributed by atoms with Gasteiger partial charge in [-0.15, -0.1) is 0 Å². The summed E-state index contributed by atoms with van der Waals surface area (Å²) < 4.78 is 5.08. The van der Waals surface area contributed by atoms with Gasteiger partial charge in [-0.3, -0.25) is 4.79 Å². The van der Waals surface area contributed by atoms with Crippen LogP contribution in [0.2, 0.25) is 0 Å².